The molecule has 1 amide bonds. The number of hydrogen-bond acceptors (Lipinski definition) is 2. The second kappa shape index (κ2) is 10.1. The van der Waals surface area contributed by atoms with E-state index >= 15 is 0 Å². The number of H-pyrrole nitrogens is 1. The number of imidazole rings is 1. The Bertz CT molecular complexity index is 1220. The molecule has 0 aliphatic rings. The SMILES string of the molecule is CCCC(NC(=O)c1[nH]c(-c2ccccc2)nc1-c1ccc(C(C)(C)C)cc1)c1ccccc1. The van der Waals surface area contributed by atoms with Crippen molar-refractivity contribution < 1.29 is 4.79 Å². The van der Waals surface area contributed by atoms with E-state index in [0.717, 1.165) is 29.5 Å². The van der Waals surface area contributed by atoms with Gasteiger partial charge in [-0.25, -0.2) is 4.98 Å². The average Bonchev–Trinajstić information content (AvgIpc) is 3.30. The predicted octanol–water partition coefficient (Wildman–Crippen LogP) is 7.31. The van der Waals surface area contributed by atoms with Gasteiger partial charge >= 0.3 is 0 Å². The number of aromatic amines is 1. The maximum absolute atomic E-state index is 13.6. The molecule has 0 fully saturated rings. The Morgan fingerprint density at radius 1 is 0.882 bits per heavy atom. The Balaban J connectivity index is 1.73. The van der Waals surface area contributed by atoms with Crippen molar-refractivity contribution in [1.82, 2.24) is 15.3 Å². The van der Waals surface area contributed by atoms with E-state index in [1.165, 1.54) is 5.56 Å². The van der Waals surface area contributed by atoms with Crippen molar-refractivity contribution >= 4 is 5.91 Å². The lowest BCUT2D eigenvalue weighted by atomic mass is 9.86. The normalized spacial score (nSPS) is 12.4. The lowest BCUT2D eigenvalue weighted by Gasteiger charge is -2.19. The van der Waals surface area contributed by atoms with Crippen molar-refractivity contribution in [2.45, 2.75) is 52.0 Å². The van der Waals surface area contributed by atoms with Gasteiger partial charge in [0.1, 0.15) is 17.2 Å². The first kappa shape index (κ1) is 23.5. The summed E-state index contributed by atoms with van der Waals surface area (Å²) in [6.07, 6.45) is 1.84. The Hall–Kier alpha value is -3.66. The van der Waals surface area contributed by atoms with Crippen LogP contribution in [0.4, 0.5) is 0 Å². The molecule has 34 heavy (non-hydrogen) atoms. The first-order chi connectivity index (χ1) is 16.4. The Labute approximate surface area is 202 Å². The number of benzene rings is 3. The minimum absolute atomic E-state index is 0.0571. The summed E-state index contributed by atoms with van der Waals surface area (Å²) in [6, 6.07) is 28.4. The molecule has 1 unspecified atom stereocenters. The number of nitrogens with zero attached hydrogens (tertiary/aromatic N) is 1. The number of hydrogen-bond donors (Lipinski definition) is 2. The summed E-state index contributed by atoms with van der Waals surface area (Å²) in [5, 5.41) is 3.25. The number of aromatic nitrogens is 2. The van der Waals surface area contributed by atoms with Crippen LogP contribution >= 0.6 is 0 Å². The average molecular weight is 452 g/mol. The molecule has 2 N–H and O–H groups in total. The van der Waals surface area contributed by atoms with E-state index in [4.69, 9.17) is 4.98 Å². The second-order valence-electron chi connectivity index (χ2n) is 9.73. The van der Waals surface area contributed by atoms with Gasteiger partial charge < -0.3 is 10.3 Å². The highest BCUT2D eigenvalue weighted by Gasteiger charge is 2.23. The summed E-state index contributed by atoms with van der Waals surface area (Å²) >= 11 is 0. The minimum atomic E-state index is -0.146. The van der Waals surface area contributed by atoms with Crippen molar-refractivity contribution in [1.29, 1.82) is 0 Å². The monoisotopic (exact) mass is 451 g/mol. The van der Waals surface area contributed by atoms with Gasteiger partial charge in [-0.2, -0.15) is 0 Å². The topological polar surface area (TPSA) is 57.8 Å². The van der Waals surface area contributed by atoms with Gasteiger partial charge in [0, 0.05) is 11.1 Å². The number of rotatable bonds is 7. The molecule has 4 heteroatoms. The van der Waals surface area contributed by atoms with Gasteiger partial charge in [0.2, 0.25) is 0 Å². The van der Waals surface area contributed by atoms with E-state index in [1.54, 1.807) is 0 Å². The summed E-state index contributed by atoms with van der Waals surface area (Å²) in [4.78, 5) is 21.8. The highest BCUT2D eigenvalue weighted by Crippen LogP contribution is 2.30. The van der Waals surface area contributed by atoms with Gasteiger partial charge in [-0.15, -0.1) is 0 Å². The van der Waals surface area contributed by atoms with E-state index < -0.39 is 0 Å². The molecule has 0 saturated carbocycles. The van der Waals surface area contributed by atoms with Gasteiger partial charge in [-0.1, -0.05) is 119 Å². The fourth-order valence-corrected chi connectivity index (χ4v) is 4.13. The zero-order valence-corrected chi connectivity index (χ0v) is 20.4. The summed E-state index contributed by atoms with van der Waals surface area (Å²) in [5.74, 6) is 0.541. The Kier molecular flexibility index (Phi) is 6.97. The van der Waals surface area contributed by atoms with Crippen LogP contribution in [0.1, 0.15) is 68.2 Å². The van der Waals surface area contributed by atoms with Crippen LogP contribution in [0.25, 0.3) is 22.6 Å². The van der Waals surface area contributed by atoms with Crippen molar-refractivity contribution in [2.75, 3.05) is 0 Å². The van der Waals surface area contributed by atoms with Crippen molar-refractivity contribution in [3.8, 4) is 22.6 Å². The van der Waals surface area contributed by atoms with Crippen molar-refractivity contribution in [3.63, 3.8) is 0 Å². The van der Waals surface area contributed by atoms with Crippen LogP contribution in [-0.4, -0.2) is 15.9 Å². The van der Waals surface area contributed by atoms with Crippen LogP contribution in [-0.2, 0) is 5.41 Å². The molecule has 1 aromatic heterocycles. The first-order valence-corrected chi connectivity index (χ1v) is 12.0. The highest BCUT2D eigenvalue weighted by molar-refractivity contribution is 5.99. The molecular formula is C30H33N3O. The zero-order chi connectivity index (χ0) is 24.1. The molecule has 0 saturated heterocycles. The summed E-state index contributed by atoms with van der Waals surface area (Å²) in [6.45, 7) is 8.72. The van der Waals surface area contributed by atoms with Crippen molar-refractivity contribution in [2.24, 2.45) is 0 Å². The first-order valence-electron chi connectivity index (χ1n) is 12.0. The fourth-order valence-electron chi connectivity index (χ4n) is 4.13. The number of carbonyl (C=O) groups excluding carboxylic acids is 1. The molecule has 1 heterocycles. The van der Waals surface area contributed by atoms with Gasteiger partial charge in [0.25, 0.3) is 5.91 Å². The van der Waals surface area contributed by atoms with Crippen LogP contribution in [0.2, 0.25) is 0 Å². The molecule has 0 aliphatic carbocycles. The standard InChI is InChI=1S/C30H33N3O/c1-5-12-25(21-13-8-6-9-14-21)31-29(34)27-26(22-17-19-24(20-18-22)30(2,3)4)32-28(33-27)23-15-10-7-11-16-23/h6-11,13-20,25H,5,12H2,1-4H3,(H,31,34)(H,32,33). The Morgan fingerprint density at radius 3 is 2.09 bits per heavy atom. The summed E-state index contributed by atoms with van der Waals surface area (Å²) < 4.78 is 0. The van der Waals surface area contributed by atoms with Crippen LogP contribution in [0.3, 0.4) is 0 Å². The smallest absolute Gasteiger partial charge is 0.270 e. The van der Waals surface area contributed by atoms with E-state index in [9.17, 15) is 4.79 Å². The molecule has 4 rings (SSSR count). The van der Waals surface area contributed by atoms with E-state index in [0.29, 0.717) is 17.2 Å². The van der Waals surface area contributed by atoms with Crippen LogP contribution in [0.15, 0.2) is 84.9 Å². The summed E-state index contributed by atoms with van der Waals surface area (Å²) in [7, 11) is 0. The molecule has 3 aromatic carbocycles. The van der Waals surface area contributed by atoms with Crippen molar-refractivity contribution in [3.05, 3.63) is 102 Å². The molecular weight excluding hydrogens is 418 g/mol. The third kappa shape index (κ3) is 5.28. The van der Waals surface area contributed by atoms with E-state index in [1.807, 2.05) is 48.5 Å². The highest BCUT2D eigenvalue weighted by atomic mass is 16.2. The largest absolute Gasteiger partial charge is 0.344 e. The third-order valence-electron chi connectivity index (χ3n) is 6.09. The lowest BCUT2D eigenvalue weighted by molar-refractivity contribution is 0.0930. The van der Waals surface area contributed by atoms with Gasteiger partial charge in [0.05, 0.1) is 6.04 Å². The molecule has 1 atom stereocenters. The minimum Gasteiger partial charge on any atom is -0.344 e. The van der Waals surface area contributed by atoms with Gasteiger partial charge in [-0.3, -0.25) is 4.79 Å². The van der Waals surface area contributed by atoms with Crippen LogP contribution in [0.5, 0.6) is 0 Å². The molecule has 0 aliphatic heterocycles. The third-order valence-corrected chi connectivity index (χ3v) is 6.09. The maximum Gasteiger partial charge on any atom is 0.270 e. The van der Waals surface area contributed by atoms with E-state index in [-0.39, 0.29) is 17.4 Å². The molecule has 4 nitrogen and oxygen atoms in total. The van der Waals surface area contributed by atoms with Gasteiger partial charge in [0.15, 0.2) is 0 Å². The number of amides is 1. The Morgan fingerprint density at radius 2 is 1.50 bits per heavy atom. The fraction of sp³-hybridized carbons (Fsp3) is 0.267. The maximum atomic E-state index is 13.6. The number of carbonyl (C=O) groups is 1. The van der Waals surface area contributed by atoms with Crippen LogP contribution in [0, 0.1) is 0 Å². The summed E-state index contributed by atoms with van der Waals surface area (Å²) in [5.41, 5.74) is 5.43. The molecule has 4 aromatic rings. The molecule has 0 radical (unpaired) electrons. The quantitative estimate of drug-likeness (QED) is 0.309. The lowest BCUT2D eigenvalue weighted by Crippen LogP contribution is -2.29. The van der Waals surface area contributed by atoms with Crippen LogP contribution < -0.4 is 5.32 Å². The van der Waals surface area contributed by atoms with E-state index in [2.05, 4.69) is 74.4 Å². The molecule has 0 bridgehead atoms. The zero-order valence-electron chi connectivity index (χ0n) is 20.4. The molecule has 0 spiro atoms. The second-order valence-corrected chi connectivity index (χ2v) is 9.73. The van der Waals surface area contributed by atoms with Gasteiger partial charge in [-0.05, 0) is 23.0 Å². The number of nitrogens with one attached hydrogen (secondary N) is 2. The molecule has 174 valence electrons. The predicted molar refractivity (Wildman–Crippen MR) is 140 cm³/mol.